The van der Waals surface area contributed by atoms with Gasteiger partial charge in [0.05, 0.1) is 11.5 Å². The highest BCUT2D eigenvalue weighted by atomic mass is 16.3. The van der Waals surface area contributed by atoms with Crippen LogP contribution >= 0.6 is 0 Å². The molecule has 1 aromatic carbocycles. The highest BCUT2D eigenvalue weighted by molar-refractivity contribution is 5.89. The van der Waals surface area contributed by atoms with Crippen LogP contribution in [0.15, 0.2) is 24.3 Å². The summed E-state index contributed by atoms with van der Waals surface area (Å²) in [5.74, 6) is 0.195. The van der Waals surface area contributed by atoms with E-state index in [2.05, 4.69) is 36.5 Å². The Morgan fingerprint density at radius 1 is 1.24 bits per heavy atom. The quantitative estimate of drug-likeness (QED) is 0.898. The number of aliphatic hydroxyl groups is 1. The average molecular weight is 287 g/mol. The minimum Gasteiger partial charge on any atom is -0.393 e. The van der Waals surface area contributed by atoms with Gasteiger partial charge in [0.25, 0.3) is 0 Å². The highest BCUT2D eigenvalue weighted by Gasteiger charge is 2.46. The van der Waals surface area contributed by atoms with Gasteiger partial charge in [0.15, 0.2) is 0 Å². The molecule has 0 spiro atoms. The molecule has 3 nitrogen and oxygen atoms in total. The molecule has 0 bridgehead atoms. The number of carbonyl (C=O) groups excluding carboxylic acids is 1. The van der Waals surface area contributed by atoms with Crippen LogP contribution in [0.2, 0.25) is 0 Å². The molecular weight excluding hydrogens is 262 g/mol. The van der Waals surface area contributed by atoms with Crippen LogP contribution < -0.4 is 5.32 Å². The fourth-order valence-electron chi connectivity index (χ4n) is 3.66. The zero-order valence-electron chi connectivity index (χ0n) is 12.8. The summed E-state index contributed by atoms with van der Waals surface area (Å²) in [5.41, 5.74) is 2.08. The summed E-state index contributed by atoms with van der Waals surface area (Å²) in [6, 6.07) is 8.62. The van der Waals surface area contributed by atoms with Crippen molar-refractivity contribution in [1.82, 2.24) is 5.32 Å². The number of rotatable bonds is 3. The van der Waals surface area contributed by atoms with Gasteiger partial charge in [-0.1, -0.05) is 36.2 Å². The second-order valence-electron chi connectivity index (χ2n) is 6.78. The van der Waals surface area contributed by atoms with E-state index in [0.29, 0.717) is 0 Å². The van der Waals surface area contributed by atoms with Gasteiger partial charge in [-0.3, -0.25) is 4.79 Å². The molecule has 1 aromatic rings. The molecular formula is C18H25NO2. The number of hydrogen-bond donors (Lipinski definition) is 2. The van der Waals surface area contributed by atoms with Crippen LogP contribution in [-0.2, 0) is 10.2 Å². The fraction of sp³-hybridized carbons (Fsp3) is 0.611. The van der Waals surface area contributed by atoms with Gasteiger partial charge in [-0.25, -0.2) is 0 Å². The van der Waals surface area contributed by atoms with Crippen LogP contribution in [-0.4, -0.2) is 23.2 Å². The summed E-state index contributed by atoms with van der Waals surface area (Å²) in [5, 5.41) is 12.8. The molecule has 0 atom stereocenters. The Kier molecular flexibility index (Phi) is 4.03. The summed E-state index contributed by atoms with van der Waals surface area (Å²) >= 11 is 0. The zero-order valence-corrected chi connectivity index (χ0v) is 12.8. The number of aliphatic hydroxyl groups excluding tert-OH is 1. The molecule has 0 unspecified atom stereocenters. The van der Waals surface area contributed by atoms with Gasteiger partial charge < -0.3 is 10.4 Å². The summed E-state index contributed by atoms with van der Waals surface area (Å²) in [7, 11) is 0. The van der Waals surface area contributed by atoms with Crippen molar-refractivity contribution in [2.45, 2.75) is 69.4 Å². The van der Waals surface area contributed by atoms with E-state index in [1.165, 1.54) is 11.1 Å². The van der Waals surface area contributed by atoms with E-state index in [-0.39, 0.29) is 23.5 Å². The van der Waals surface area contributed by atoms with E-state index >= 15 is 0 Å². The van der Waals surface area contributed by atoms with Crippen LogP contribution in [0.25, 0.3) is 0 Å². The Morgan fingerprint density at radius 2 is 1.95 bits per heavy atom. The molecule has 0 heterocycles. The molecule has 0 saturated heterocycles. The lowest BCUT2D eigenvalue weighted by atomic mass is 9.63. The van der Waals surface area contributed by atoms with Crippen molar-refractivity contribution in [2.75, 3.05) is 0 Å². The third-order valence-corrected chi connectivity index (χ3v) is 5.24. The van der Waals surface area contributed by atoms with Crippen LogP contribution in [0, 0.1) is 6.92 Å². The number of benzene rings is 1. The van der Waals surface area contributed by atoms with Gasteiger partial charge in [-0.15, -0.1) is 0 Å². The van der Waals surface area contributed by atoms with E-state index in [1.807, 2.05) is 0 Å². The number of hydrogen-bond acceptors (Lipinski definition) is 2. The monoisotopic (exact) mass is 287 g/mol. The van der Waals surface area contributed by atoms with Crippen LogP contribution in [0.4, 0.5) is 0 Å². The van der Waals surface area contributed by atoms with Gasteiger partial charge >= 0.3 is 0 Å². The molecule has 3 heteroatoms. The van der Waals surface area contributed by atoms with Crippen molar-refractivity contribution in [3.05, 3.63) is 35.4 Å². The molecule has 2 saturated carbocycles. The summed E-state index contributed by atoms with van der Waals surface area (Å²) in [6.07, 6.45) is 6.28. The van der Waals surface area contributed by atoms with Gasteiger partial charge in [-0.05, 0) is 51.0 Å². The van der Waals surface area contributed by atoms with Crippen molar-refractivity contribution >= 4 is 5.91 Å². The first-order valence-electron chi connectivity index (χ1n) is 8.16. The maximum Gasteiger partial charge on any atom is 0.230 e. The standard InChI is InChI=1S/C18H25NO2/c1-13-4-2-5-14(12-13)18(10-3-11-18)17(21)19-15-6-8-16(20)9-7-15/h2,4-5,12,15-16,20H,3,6-11H2,1H3,(H,19,21). The Bertz CT molecular complexity index is 514. The van der Waals surface area contributed by atoms with E-state index in [0.717, 1.165) is 44.9 Å². The van der Waals surface area contributed by atoms with Crippen molar-refractivity contribution in [1.29, 1.82) is 0 Å². The molecule has 0 aliphatic heterocycles. The number of amides is 1. The normalized spacial score (nSPS) is 27.7. The Morgan fingerprint density at radius 3 is 2.52 bits per heavy atom. The lowest BCUT2D eigenvalue weighted by Gasteiger charge is -2.42. The SMILES string of the molecule is Cc1cccc(C2(C(=O)NC3CCC(O)CC3)CCC2)c1. The number of carbonyl (C=O) groups is 1. The maximum absolute atomic E-state index is 12.8. The third kappa shape index (κ3) is 2.84. The van der Waals surface area contributed by atoms with Gasteiger partial charge in [0.2, 0.25) is 5.91 Å². The molecule has 0 radical (unpaired) electrons. The molecule has 2 fully saturated rings. The predicted molar refractivity (Wildman–Crippen MR) is 83.1 cm³/mol. The van der Waals surface area contributed by atoms with Crippen molar-refractivity contribution in [3.8, 4) is 0 Å². The molecule has 3 rings (SSSR count). The number of nitrogens with one attached hydrogen (secondary N) is 1. The lowest BCUT2D eigenvalue weighted by Crippen LogP contribution is -2.52. The van der Waals surface area contributed by atoms with Crippen molar-refractivity contribution < 1.29 is 9.90 Å². The molecule has 2 aliphatic rings. The second kappa shape index (κ2) is 5.80. The van der Waals surface area contributed by atoms with Gasteiger partial charge in [-0.2, -0.15) is 0 Å². The van der Waals surface area contributed by atoms with E-state index in [1.54, 1.807) is 0 Å². The molecule has 2 N–H and O–H groups in total. The first-order chi connectivity index (χ1) is 10.1. The summed E-state index contributed by atoms with van der Waals surface area (Å²) < 4.78 is 0. The third-order valence-electron chi connectivity index (χ3n) is 5.24. The minimum atomic E-state index is -0.303. The Labute approximate surface area is 126 Å². The van der Waals surface area contributed by atoms with Crippen LogP contribution in [0.1, 0.15) is 56.1 Å². The van der Waals surface area contributed by atoms with Gasteiger partial charge in [0.1, 0.15) is 0 Å². The second-order valence-corrected chi connectivity index (χ2v) is 6.78. The summed E-state index contributed by atoms with van der Waals surface area (Å²) in [6.45, 7) is 2.08. The average Bonchev–Trinajstić information content (AvgIpc) is 2.40. The maximum atomic E-state index is 12.8. The van der Waals surface area contributed by atoms with E-state index in [4.69, 9.17) is 0 Å². The smallest absolute Gasteiger partial charge is 0.230 e. The topological polar surface area (TPSA) is 49.3 Å². The highest BCUT2D eigenvalue weighted by Crippen LogP contribution is 2.44. The molecule has 21 heavy (non-hydrogen) atoms. The largest absolute Gasteiger partial charge is 0.393 e. The zero-order chi connectivity index (χ0) is 14.9. The molecule has 0 aromatic heterocycles. The predicted octanol–water partition coefficient (Wildman–Crippen LogP) is 2.84. The van der Waals surface area contributed by atoms with Crippen LogP contribution in [0.5, 0.6) is 0 Å². The number of aryl methyl sites for hydroxylation is 1. The van der Waals surface area contributed by atoms with Crippen LogP contribution in [0.3, 0.4) is 0 Å². The molecule has 2 aliphatic carbocycles. The first kappa shape index (κ1) is 14.6. The fourth-order valence-corrected chi connectivity index (χ4v) is 3.66. The Balaban J connectivity index is 1.72. The summed E-state index contributed by atoms with van der Waals surface area (Å²) in [4.78, 5) is 12.8. The Hall–Kier alpha value is -1.35. The van der Waals surface area contributed by atoms with Crippen molar-refractivity contribution in [3.63, 3.8) is 0 Å². The van der Waals surface area contributed by atoms with Gasteiger partial charge in [0, 0.05) is 6.04 Å². The molecule has 114 valence electrons. The lowest BCUT2D eigenvalue weighted by molar-refractivity contribution is -0.131. The van der Waals surface area contributed by atoms with E-state index < -0.39 is 0 Å². The first-order valence-corrected chi connectivity index (χ1v) is 8.16. The van der Waals surface area contributed by atoms with E-state index in [9.17, 15) is 9.90 Å². The minimum absolute atomic E-state index is 0.174. The van der Waals surface area contributed by atoms with Crippen molar-refractivity contribution in [2.24, 2.45) is 0 Å². The molecule has 1 amide bonds.